The molecule has 108 valence electrons. The minimum Gasteiger partial charge on any atom is -0.310 e. The van der Waals surface area contributed by atoms with Gasteiger partial charge >= 0.3 is 0 Å². The molecule has 0 heterocycles. The van der Waals surface area contributed by atoms with E-state index in [9.17, 15) is 0 Å². The number of aryl methyl sites for hydroxylation is 2. The van der Waals surface area contributed by atoms with E-state index in [0.29, 0.717) is 11.5 Å². The minimum atomic E-state index is 0.332. The van der Waals surface area contributed by atoms with E-state index in [1.165, 1.54) is 27.6 Å². The van der Waals surface area contributed by atoms with Crippen molar-refractivity contribution in [3.63, 3.8) is 0 Å². The van der Waals surface area contributed by atoms with Gasteiger partial charge in [0, 0.05) is 10.5 Å². The Kier molecular flexibility index (Phi) is 6.07. The molecule has 2 heteroatoms. The molecule has 1 rings (SSSR count). The molecule has 19 heavy (non-hydrogen) atoms. The van der Waals surface area contributed by atoms with E-state index < -0.39 is 0 Å². The second kappa shape index (κ2) is 6.90. The highest BCUT2D eigenvalue weighted by atomic mass is 79.9. The molecule has 0 aromatic heterocycles. The van der Waals surface area contributed by atoms with Gasteiger partial charge in [-0.05, 0) is 61.4 Å². The Morgan fingerprint density at radius 2 is 1.79 bits per heavy atom. The van der Waals surface area contributed by atoms with Crippen LogP contribution in [-0.2, 0) is 0 Å². The fourth-order valence-corrected chi connectivity index (χ4v) is 2.86. The lowest BCUT2D eigenvalue weighted by atomic mass is 9.84. The third-order valence-electron chi connectivity index (χ3n) is 3.38. The molecule has 1 nitrogen and oxygen atoms in total. The molecule has 0 amide bonds. The minimum absolute atomic E-state index is 0.332. The standard InChI is InChI=1S/C17H28BrN/c1-7-8-19-16(11-17(4,5)6)14-9-13(3)15(18)10-12(14)2/h9-10,16,19H,7-8,11H2,1-6H3. The largest absolute Gasteiger partial charge is 0.310 e. The molecule has 0 radical (unpaired) electrons. The fourth-order valence-electron chi connectivity index (χ4n) is 2.40. The lowest BCUT2D eigenvalue weighted by Gasteiger charge is -2.29. The van der Waals surface area contributed by atoms with E-state index in [-0.39, 0.29) is 0 Å². The van der Waals surface area contributed by atoms with Gasteiger partial charge in [0.2, 0.25) is 0 Å². The maximum absolute atomic E-state index is 3.71. The number of rotatable bonds is 5. The van der Waals surface area contributed by atoms with Crippen LogP contribution in [0.3, 0.4) is 0 Å². The Hall–Kier alpha value is -0.340. The van der Waals surface area contributed by atoms with Crippen molar-refractivity contribution in [2.45, 2.75) is 60.4 Å². The zero-order chi connectivity index (χ0) is 14.6. The number of hydrogen-bond donors (Lipinski definition) is 1. The molecule has 0 bridgehead atoms. The van der Waals surface area contributed by atoms with Crippen LogP contribution in [0.15, 0.2) is 16.6 Å². The number of nitrogens with one attached hydrogen (secondary N) is 1. The van der Waals surface area contributed by atoms with Gasteiger partial charge in [0.1, 0.15) is 0 Å². The SMILES string of the molecule is CCCNC(CC(C)(C)C)c1cc(C)c(Br)cc1C. The van der Waals surface area contributed by atoms with Crippen molar-refractivity contribution in [3.8, 4) is 0 Å². The van der Waals surface area contributed by atoms with E-state index in [4.69, 9.17) is 0 Å². The van der Waals surface area contributed by atoms with Crippen LogP contribution < -0.4 is 5.32 Å². The molecule has 0 fully saturated rings. The van der Waals surface area contributed by atoms with Gasteiger partial charge in [-0.25, -0.2) is 0 Å². The van der Waals surface area contributed by atoms with E-state index in [0.717, 1.165) is 13.0 Å². The van der Waals surface area contributed by atoms with Gasteiger partial charge in [0.25, 0.3) is 0 Å². The molecule has 0 saturated heterocycles. The molecular weight excluding hydrogens is 298 g/mol. The summed E-state index contributed by atoms with van der Waals surface area (Å²) >= 11 is 3.62. The highest BCUT2D eigenvalue weighted by Crippen LogP contribution is 2.33. The van der Waals surface area contributed by atoms with Crippen molar-refractivity contribution in [3.05, 3.63) is 33.3 Å². The Balaban J connectivity index is 3.06. The highest BCUT2D eigenvalue weighted by molar-refractivity contribution is 9.10. The predicted molar refractivity (Wildman–Crippen MR) is 88.7 cm³/mol. The van der Waals surface area contributed by atoms with Crippen LogP contribution in [0, 0.1) is 19.3 Å². The molecule has 1 aromatic rings. The Bertz CT molecular complexity index is 418. The number of hydrogen-bond acceptors (Lipinski definition) is 1. The van der Waals surface area contributed by atoms with Crippen molar-refractivity contribution in [2.75, 3.05) is 6.54 Å². The zero-order valence-electron chi connectivity index (χ0n) is 13.2. The number of benzene rings is 1. The topological polar surface area (TPSA) is 12.0 Å². The van der Waals surface area contributed by atoms with E-state index in [2.05, 4.69) is 74.9 Å². The van der Waals surface area contributed by atoms with Gasteiger partial charge in [0.05, 0.1) is 0 Å². The Labute approximate surface area is 127 Å². The van der Waals surface area contributed by atoms with E-state index >= 15 is 0 Å². The molecule has 0 spiro atoms. The first-order valence-corrected chi connectivity index (χ1v) is 8.04. The third-order valence-corrected chi connectivity index (χ3v) is 4.23. The molecule has 0 aliphatic heterocycles. The first-order chi connectivity index (χ1) is 8.74. The average Bonchev–Trinajstić information content (AvgIpc) is 2.28. The van der Waals surface area contributed by atoms with Crippen LogP contribution in [-0.4, -0.2) is 6.54 Å². The van der Waals surface area contributed by atoms with Crippen LogP contribution in [0.2, 0.25) is 0 Å². The Morgan fingerprint density at radius 1 is 1.16 bits per heavy atom. The Morgan fingerprint density at radius 3 is 2.32 bits per heavy atom. The van der Waals surface area contributed by atoms with Crippen LogP contribution in [0.5, 0.6) is 0 Å². The van der Waals surface area contributed by atoms with Gasteiger partial charge in [-0.15, -0.1) is 0 Å². The van der Waals surface area contributed by atoms with Crippen LogP contribution in [0.25, 0.3) is 0 Å². The molecule has 1 atom stereocenters. The summed E-state index contributed by atoms with van der Waals surface area (Å²) in [6.45, 7) is 14.6. The molecule has 0 aliphatic rings. The van der Waals surface area contributed by atoms with Crippen LogP contribution >= 0.6 is 15.9 Å². The van der Waals surface area contributed by atoms with E-state index in [1.807, 2.05) is 0 Å². The summed E-state index contributed by atoms with van der Waals surface area (Å²) in [6, 6.07) is 5.03. The molecule has 0 aliphatic carbocycles. The van der Waals surface area contributed by atoms with Gasteiger partial charge < -0.3 is 5.32 Å². The highest BCUT2D eigenvalue weighted by Gasteiger charge is 2.21. The van der Waals surface area contributed by atoms with Crippen molar-refractivity contribution < 1.29 is 0 Å². The van der Waals surface area contributed by atoms with Crippen LogP contribution in [0.1, 0.15) is 63.3 Å². The summed E-state index contributed by atoms with van der Waals surface area (Å²) in [5.41, 5.74) is 4.47. The molecule has 1 aromatic carbocycles. The zero-order valence-corrected chi connectivity index (χ0v) is 14.8. The summed E-state index contributed by atoms with van der Waals surface area (Å²) in [5.74, 6) is 0. The maximum atomic E-state index is 3.71. The smallest absolute Gasteiger partial charge is 0.0327 e. The normalized spacial score (nSPS) is 13.6. The number of halogens is 1. The van der Waals surface area contributed by atoms with E-state index in [1.54, 1.807) is 0 Å². The predicted octanol–water partition coefficient (Wildman–Crippen LogP) is 5.54. The van der Waals surface area contributed by atoms with Crippen LogP contribution in [0.4, 0.5) is 0 Å². The summed E-state index contributed by atoms with van der Waals surface area (Å²) in [6.07, 6.45) is 2.34. The molecule has 0 saturated carbocycles. The first kappa shape index (κ1) is 16.7. The summed E-state index contributed by atoms with van der Waals surface area (Å²) in [7, 11) is 0. The molecular formula is C17H28BrN. The van der Waals surface area contributed by atoms with Crippen molar-refractivity contribution in [1.82, 2.24) is 5.32 Å². The van der Waals surface area contributed by atoms with Gasteiger partial charge in [-0.2, -0.15) is 0 Å². The average molecular weight is 326 g/mol. The second-order valence-corrected chi connectivity index (χ2v) is 7.58. The quantitative estimate of drug-likeness (QED) is 0.749. The lowest BCUT2D eigenvalue weighted by molar-refractivity contribution is 0.311. The lowest BCUT2D eigenvalue weighted by Crippen LogP contribution is -2.27. The summed E-state index contributed by atoms with van der Waals surface area (Å²) in [5, 5.41) is 3.71. The van der Waals surface area contributed by atoms with Crippen molar-refractivity contribution in [2.24, 2.45) is 5.41 Å². The summed E-state index contributed by atoms with van der Waals surface area (Å²) in [4.78, 5) is 0. The van der Waals surface area contributed by atoms with Crippen molar-refractivity contribution in [1.29, 1.82) is 0 Å². The second-order valence-electron chi connectivity index (χ2n) is 6.73. The third kappa shape index (κ3) is 5.27. The molecule has 1 unspecified atom stereocenters. The van der Waals surface area contributed by atoms with Gasteiger partial charge in [-0.3, -0.25) is 0 Å². The van der Waals surface area contributed by atoms with Gasteiger partial charge in [0.15, 0.2) is 0 Å². The molecule has 1 N–H and O–H groups in total. The summed E-state index contributed by atoms with van der Waals surface area (Å²) < 4.78 is 1.21. The fraction of sp³-hybridized carbons (Fsp3) is 0.647. The first-order valence-electron chi connectivity index (χ1n) is 7.24. The van der Waals surface area contributed by atoms with Gasteiger partial charge in [-0.1, -0.05) is 49.7 Å². The van der Waals surface area contributed by atoms with Crippen molar-refractivity contribution >= 4 is 15.9 Å². The monoisotopic (exact) mass is 325 g/mol. The maximum Gasteiger partial charge on any atom is 0.0327 e.